The predicted molar refractivity (Wildman–Crippen MR) is 129 cm³/mol. The Morgan fingerprint density at radius 2 is 1.72 bits per heavy atom. The Morgan fingerprint density at radius 3 is 2.34 bits per heavy atom. The van der Waals surface area contributed by atoms with Crippen molar-refractivity contribution in [2.24, 2.45) is 0 Å². The van der Waals surface area contributed by atoms with Crippen LogP contribution in [-0.2, 0) is 16.6 Å². The topological polar surface area (TPSA) is 79.8 Å². The number of hydrogen-bond donors (Lipinski definition) is 2. The van der Waals surface area contributed by atoms with E-state index < -0.39 is 0 Å². The average molecular weight is 426 g/mol. The second-order valence-electron chi connectivity index (χ2n) is 8.40. The van der Waals surface area contributed by atoms with Gasteiger partial charge in [-0.25, -0.2) is 9.97 Å². The molecule has 0 fully saturated rings. The molecule has 6 heteroatoms. The number of nitrogens with zero attached hydrogens (tertiary/aromatic N) is 3. The summed E-state index contributed by atoms with van der Waals surface area (Å²) in [5, 5.41) is 5.92. The largest absolute Gasteiger partial charge is 0.326 e. The van der Waals surface area contributed by atoms with Crippen LogP contribution in [-0.4, -0.2) is 20.9 Å². The summed E-state index contributed by atoms with van der Waals surface area (Å²) in [5.41, 5.74) is 7.62. The molecular weight excluding hydrogens is 398 g/mol. The maximum absolute atomic E-state index is 12.5. The standard InChI is InChI=1S/C26H27N5O/c1-6-7-18(2)30-25-28-16-21(17-29-25)20-10-8-19(9-11-20)14-24(32)31-22-12-13-27-23(15-22)26(3,4)5/h7-13,15-17H,1-2,14H2,3-5H3,(H,27,31,32)(H,28,29,30). The van der Waals surface area contributed by atoms with E-state index in [1.54, 1.807) is 30.7 Å². The first-order valence-corrected chi connectivity index (χ1v) is 10.2. The van der Waals surface area contributed by atoms with E-state index in [0.29, 0.717) is 11.6 Å². The smallest absolute Gasteiger partial charge is 0.228 e. The average Bonchev–Trinajstić information content (AvgIpc) is 2.74. The summed E-state index contributed by atoms with van der Waals surface area (Å²) < 4.78 is 0. The molecule has 0 saturated heterocycles. The Bertz CT molecular complexity index is 1150. The van der Waals surface area contributed by atoms with Gasteiger partial charge in [0.1, 0.15) is 0 Å². The molecule has 1 amide bonds. The number of benzene rings is 1. The van der Waals surface area contributed by atoms with Crippen LogP contribution in [0.5, 0.6) is 0 Å². The predicted octanol–water partition coefficient (Wildman–Crippen LogP) is 5.28. The fourth-order valence-corrected chi connectivity index (χ4v) is 2.97. The Balaban J connectivity index is 1.61. The van der Waals surface area contributed by atoms with Crippen molar-refractivity contribution in [3.8, 4) is 11.1 Å². The van der Waals surface area contributed by atoms with Gasteiger partial charge in [-0.1, -0.05) is 58.2 Å². The number of aromatic nitrogens is 3. The van der Waals surface area contributed by atoms with Gasteiger partial charge in [0.25, 0.3) is 0 Å². The van der Waals surface area contributed by atoms with E-state index in [4.69, 9.17) is 0 Å². The first kappa shape index (κ1) is 22.7. The van der Waals surface area contributed by atoms with E-state index in [2.05, 4.69) is 65.2 Å². The number of pyridine rings is 1. The highest BCUT2D eigenvalue weighted by molar-refractivity contribution is 5.92. The molecule has 162 valence electrons. The first-order chi connectivity index (χ1) is 15.2. The highest BCUT2D eigenvalue weighted by atomic mass is 16.1. The Hall–Kier alpha value is -4.02. The van der Waals surface area contributed by atoms with Gasteiger partial charge in [0.15, 0.2) is 0 Å². The SMILES string of the molecule is C=C=CC(=C)Nc1ncc(-c2ccc(CC(=O)Nc3ccnc(C(C)(C)C)c3)cc2)cn1. The van der Waals surface area contributed by atoms with Crippen molar-refractivity contribution < 1.29 is 4.79 Å². The molecule has 6 nitrogen and oxygen atoms in total. The number of carbonyl (C=O) groups is 1. The maximum Gasteiger partial charge on any atom is 0.228 e. The third kappa shape index (κ3) is 6.24. The lowest BCUT2D eigenvalue weighted by atomic mass is 9.91. The molecule has 2 heterocycles. The van der Waals surface area contributed by atoms with Gasteiger partial charge < -0.3 is 10.6 Å². The maximum atomic E-state index is 12.5. The van der Waals surface area contributed by atoms with Crippen LogP contribution < -0.4 is 10.6 Å². The van der Waals surface area contributed by atoms with Crippen LogP contribution in [0.25, 0.3) is 11.1 Å². The van der Waals surface area contributed by atoms with Gasteiger partial charge in [-0.05, 0) is 23.3 Å². The van der Waals surface area contributed by atoms with Gasteiger partial charge in [-0.15, -0.1) is 5.73 Å². The molecule has 3 aromatic rings. The van der Waals surface area contributed by atoms with Gasteiger partial charge in [0.05, 0.1) is 6.42 Å². The summed E-state index contributed by atoms with van der Waals surface area (Å²) in [7, 11) is 0. The summed E-state index contributed by atoms with van der Waals surface area (Å²) in [6, 6.07) is 11.5. The zero-order valence-corrected chi connectivity index (χ0v) is 18.6. The van der Waals surface area contributed by atoms with Gasteiger partial charge in [-0.3, -0.25) is 9.78 Å². The van der Waals surface area contributed by atoms with Gasteiger partial charge in [0.2, 0.25) is 11.9 Å². The third-order valence-corrected chi connectivity index (χ3v) is 4.66. The molecule has 0 spiro atoms. The fourth-order valence-electron chi connectivity index (χ4n) is 2.97. The van der Waals surface area contributed by atoms with Crippen LogP contribution >= 0.6 is 0 Å². The lowest BCUT2D eigenvalue weighted by Crippen LogP contribution is -2.17. The number of hydrogen-bond acceptors (Lipinski definition) is 5. The lowest BCUT2D eigenvalue weighted by molar-refractivity contribution is -0.115. The molecule has 2 aromatic heterocycles. The van der Waals surface area contributed by atoms with Gasteiger partial charge in [0, 0.05) is 52.7 Å². The van der Waals surface area contributed by atoms with Crippen LogP contribution in [0, 0.1) is 0 Å². The van der Waals surface area contributed by atoms with Crippen LogP contribution in [0.4, 0.5) is 11.6 Å². The minimum atomic E-state index is -0.0782. The van der Waals surface area contributed by atoms with E-state index in [-0.39, 0.29) is 17.7 Å². The molecule has 0 bridgehead atoms. The zero-order chi connectivity index (χ0) is 23.1. The van der Waals surface area contributed by atoms with Crippen LogP contribution in [0.3, 0.4) is 0 Å². The van der Waals surface area contributed by atoms with E-state index >= 15 is 0 Å². The third-order valence-electron chi connectivity index (χ3n) is 4.66. The van der Waals surface area contributed by atoms with Crippen molar-refractivity contribution in [3.05, 3.63) is 96.9 Å². The number of carbonyl (C=O) groups excluding carboxylic acids is 1. The molecule has 0 unspecified atom stereocenters. The van der Waals surface area contributed by atoms with Crippen molar-refractivity contribution in [3.63, 3.8) is 0 Å². The summed E-state index contributed by atoms with van der Waals surface area (Å²) in [5.74, 6) is 0.376. The molecular formula is C26H27N5O. The number of nitrogens with one attached hydrogen (secondary N) is 2. The van der Waals surface area contributed by atoms with Crippen molar-refractivity contribution in [1.29, 1.82) is 0 Å². The molecule has 32 heavy (non-hydrogen) atoms. The zero-order valence-electron chi connectivity index (χ0n) is 18.6. The normalized spacial score (nSPS) is 10.7. The molecule has 0 atom stereocenters. The molecule has 0 aliphatic heterocycles. The van der Waals surface area contributed by atoms with Crippen molar-refractivity contribution in [1.82, 2.24) is 15.0 Å². The number of amides is 1. The summed E-state index contributed by atoms with van der Waals surface area (Å²) in [6.07, 6.45) is 7.09. The Kier molecular flexibility index (Phi) is 6.98. The van der Waals surface area contributed by atoms with Crippen molar-refractivity contribution >= 4 is 17.5 Å². The highest BCUT2D eigenvalue weighted by Crippen LogP contribution is 2.23. The van der Waals surface area contributed by atoms with Crippen LogP contribution in [0.2, 0.25) is 0 Å². The Morgan fingerprint density at radius 1 is 1.03 bits per heavy atom. The van der Waals surface area contributed by atoms with E-state index in [0.717, 1.165) is 28.1 Å². The highest BCUT2D eigenvalue weighted by Gasteiger charge is 2.16. The van der Waals surface area contributed by atoms with E-state index in [9.17, 15) is 4.79 Å². The second-order valence-corrected chi connectivity index (χ2v) is 8.40. The molecule has 0 saturated carbocycles. The molecule has 1 aromatic carbocycles. The molecule has 0 aliphatic carbocycles. The fraction of sp³-hybridized carbons (Fsp3) is 0.192. The summed E-state index contributed by atoms with van der Waals surface area (Å²) in [4.78, 5) is 25.5. The molecule has 2 N–H and O–H groups in total. The lowest BCUT2D eigenvalue weighted by Gasteiger charge is -2.18. The van der Waals surface area contributed by atoms with Gasteiger partial charge in [-0.2, -0.15) is 0 Å². The van der Waals surface area contributed by atoms with Crippen LogP contribution in [0.15, 0.2) is 85.7 Å². The minimum Gasteiger partial charge on any atom is -0.326 e. The van der Waals surface area contributed by atoms with E-state index in [1.807, 2.05) is 30.3 Å². The monoisotopic (exact) mass is 425 g/mol. The first-order valence-electron chi connectivity index (χ1n) is 10.2. The van der Waals surface area contributed by atoms with Crippen LogP contribution in [0.1, 0.15) is 32.0 Å². The second kappa shape index (κ2) is 9.86. The number of rotatable bonds is 7. The molecule has 0 aliphatic rings. The molecule has 0 radical (unpaired) electrons. The van der Waals surface area contributed by atoms with Crippen molar-refractivity contribution in [2.45, 2.75) is 32.6 Å². The van der Waals surface area contributed by atoms with Crippen molar-refractivity contribution in [2.75, 3.05) is 10.6 Å². The minimum absolute atomic E-state index is 0.0728. The quantitative estimate of drug-likeness (QED) is 0.397. The van der Waals surface area contributed by atoms with Gasteiger partial charge >= 0.3 is 0 Å². The molecule has 3 rings (SSSR count). The Labute approximate surface area is 188 Å². The number of anilines is 2. The number of allylic oxidation sites excluding steroid dienone is 1. The van der Waals surface area contributed by atoms with E-state index in [1.165, 1.54) is 0 Å². The summed E-state index contributed by atoms with van der Waals surface area (Å²) in [6.45, 7) is 13.6. The summed E-state index contributed by atoms with van der Waals surface area (Å²) >= 11 is 0.